The molecule has 0 fully saturated rings. The van der Waals surface area contributed by atoms with Gasteiger partial charge in [-0.2, -0.15) is 0 Å². The van der Waals surface area contributed by atoms with Gasteiger partial charge in [-0.25, -0.2) is 4.39 Å². The summed E-state index contributed by atoms with van der Waals surface area (Å²) in [5.74, 6) is 3.06. The molecule has 0 unspecified atom stereocenters. The molecule has 0 saturated heterocycles. The number of hydrogen-bond donors (Lipinski definition) is 0. The van der Waals surface area contributed by atoms with Gasteiger partial charge in [-0.1, -0.05) is 0 Å². The average molecular weight is 208 g/mol. The summed E-state index contributed by atoms with van der Waals surface area (Å²) in [6.07, 6.45) is 6.13. The van der Waals surface area contributed by atoms with Crippen molar-refractivity contribution < 1.29 is 13.9 Å². The Bertz CT molecular complexity index is 380. The minimum atomic E-state index is -0.317. The Hall–Kier alpha value is -1.69. The van der Waals surface area contributed by atoms with E-state index in [1.165, 1.54) is 20.3 Å². The molecule has 0 heterocycles. The van der Waals surface area contributed by atoms with Crippen LogP contribution >= 0.6 is 0 Å². The molecule has 0 amide bonds. The first kappa shape index (κ1) is 11.4. The highest BCUT2D eigenvalue weighted by molar-refractivity contribution is 5.43. The molecule has 0 aliphatic carbocycles. The van der Waals surface area contributed by atoms with Crippen molar-refractivity contribution in [2.45, 2.75) is 12.8 Å². The van der Waals surface area contributed by atoms with E-state index < -0.39 is 0 Å². The fraction of sp³-hybridized carbons (Fsp3) is 0.333. The zero-order valence-corrected chi connectivity index (χ0v) is 8.84. The van der Waals surface area contributed by atoms with Crippen LogP contribution in [0.2, 0.25) is 0 Å². The lowest BCUT2D eigenvalue weighted by atomic mass is 10.1. The highest BCUT2D eigenvalue weighted by Gasteiger charge is 2.10. The van der Waals surface area contributed by atoms with Crippen molar-refractivity contribution in [3.05, 3.63) is 23.5 Å². The molecule has 0 aromatic heterocycles. The maximum absolute atomic E-state index is 13.5. The quantitative estimate of drug-likeness (QED) is 0.707. The first-order chi connectivity index (χ1) is 7.22. The highest BCUT2D eigenvalue weighted by Crippen LogP contribution is 2.30. The van der Waals surface area contributed by atoms with E-state index in [9.17, 15) is 4.39 Å². The normalized spacial score (nSPS) is 9.47. The van der Waals surface area contributed by atoms with Crippen molar-refractivity contribution >= 4 is 0 Å². The van der Waals surface area contributed by atoms with Gasteiger partial charge in [-0.15, -0.1) is 12.3 Å². The molecule has 1 rings (SSSR count). The Morgan fingerprint density at radius 1 is 1.27 bits per heavy atom. The molecule has 0 bridgehead atoms. The molecule has 1 aromatic rings. The fourth-order valence-corrected chi connectivity index (χ4v) is 1.29. The molecule has 0 aliphatic rings. The monoisotopic (exact) mass is 208 g/mol. The lowest BCUT2D eigenvalue weighted by Crippen LogP contribution is -1.96. The Kier molecular flexibility index (Phi) is 3.99. The molecule has 0 saturated carbocycles. The largest absolute Gasteiger partial charge is 0.493 e. The van der Waals surface area contributed by atoms with Gasteiger partial charge in [0.1, 0.15) is 5.82 Å². The number of terminal acetylenes is 1. The Morgan fingerprint density at radius 3 is 2.40 bits per heavy atom. The summed E-state index contributed by atoms with van der Waals surface area (Å²) in [6, 6.07) is 2.93. The molecule has 15 heavy (non-hydrogen) atoms. The third-order valence-corrected chi connectivity index (χ3v) is 2.09. The van der Waals surface area contributed by atoms with E-state index in [1.807, 2.05) is 0 Å². The van der Waals surface area contributed by atoms with Gasteiger partial charge in [0.05, 0.1) is 14.2 Å². The third-order valence-electron chi connectivity index (χ3n) is 2.09. The average Bonchev–Trinajstić information content (AvgIpc) is 2.27. The summed E-state index contributed by atoms with van der Waals surface area (Å²) in [5.41, 5.74) is 0.547. The summed E-state index contributed by atoms with van der Waals surface area (Å²) in [5, 5.41) is 0. The van der Waals surface area contributed by atoms with Crippen LogP contribution < -0.4 is 9.47 Å². The number of halogens is 1. The number of aryl methyl sites for hydroxylation is 1. The van der Waals surface area contributed by atoms with E-state index in [2.05, 4.69) is 5.92 Å². The van der Waals surface area contributed by atoms with E-state index in [0.717, 1.165) is 0 Å². The van der Waals surface area contributed by atoms with E-state index in [-0.39, 0.29) is 5.82 Å². The maximum atomic E-state index is 13.5. The predicted octanol–water partition coefficient (Wildman–Crippen LogP) is 2.41. The van der Waals surface area contributed by atoms with Crippen LogP contribution in [0.5, 0.6) is 11.5 Å². The van der Waals surface area contributed by atoms with Crippen molar-refractivity contribution in [1.29, 1.82) is 0 Å². The zero-order chi connectivity index (χ0) is 11.3. The maximum Gasteiger partial charge on any atom is 0.163 e. The molecule has 0 radical (unpaired) electrons. The molecule has 3 heteroatoms. The van der Waals surface area contributed by atoms with Gasteiger partial charge in [0.25, 0.3) is 0 Å². The van der Waals surface area contributed by atoms with Gasteiger partial charge in [-0.05, 0) is 18.1 Å². The van der Waals surface area contributed by atoms with Crippen LogP contribution in [0.15, 0.2) is 12.1 Å². The number of rotatable bonds is 4. The van der Waals surface area contributed by atoms with Crippen molar-refractivity contribution in [2.75, 3.05) is 14.2 Å². The van der Waals surface area contributed by atoms with Crippen LogP contribution in [0, 0.1) is 18.2 Å². The lowest BCUT2D eigenvalue weighted by molar-refractivity contribution is 0.351. The van der Waals surface area contributed by atoms with Crippen molar-refractivity contribution in [1.82, 2.24) is 0 Å². The zero-order valence-electron chi connectivity index (χ0n) is 8.84. The predicted molar refractivity (Wildman–Crippen MR) is 56.7 cm³/mol. The Morgan fingerprint density at radius 2 is 1.87 bits per heavy atom. The second-order valence-corrected chi connectivity index (χ2v) is 3.00. The van der Waals surface area contributed by atoms with Crippen LogP contribution in [-0.4, -0.2) is 14.2 Å². The van der Waals surface area contributed by atoms with Gasteiger partial charge in [-0.3, -0.25) is 0 Å². The summed E-state index contributed by atoms with van der Waals surface area (Å²) in [4.78, 5) is 0. The van der Waals surface area contributed by atoms with E-state index in [1.54, 1.807) is 6.07 Å². The lowest BCUT2D eigenvalue weighted by Gasteiger charge is -2.10. The summed E-state index contributed by atoms with van der Waals surface area (Å²) in [6.45, 7) is 0. The Labute approximate surface area is 89.0 Å². The SMILES string of the molecule is C#CCCc1cc(OC)c(OC)cc1F. The van der Waals surface area contributed by atoms with E-state index in [4.69, 9.17) is 15.9 Å². The van der Waals surface area contributed by atoms with Crippen LogP contribution in [0.1, 0.15) is 12.0 Å². The molecule has 0 aliphatic heterocycles. The first-order valence-electron chi connectivity index (χ1n) is 4.56. The van der Waals surface area contributed by atoms with Crippen LogP contribution in [-0.2, 0) is 6.42 Å². The van der Waals surface area contributed by atoms with Crippen LogP contribution in [0.3, 0.4) is 0 Å². The van der Waals surface area contributed by atoms with Gasteiger partial charge >= 0.3 is 0 Å². The van der Waals surface area contributed by atoms with Crippen molar-refractivity contribution in [2.24, 2.45) is 0 Å². The number of ether oxygens (including phenoxy) is 2. The Balaban J connectivity index is 3.03. The molecule has 0 spiro atoms. The molecular formula is C12H13FO2. The molecule has 0 atom stereocenters. The summed E-state index contributed by atoms with van der Waals surface area (Å²) >= 11 is 0. The van der Waals surface area contributed by atoms with Crippen LogP contribution in [0.25, 0.3) is 0 Å². The van der Waals surface area contributed by atoms with Gasteiger partial charge in [0.2, 0.25) is 0 Å². The number of benzene rings is 1. The highest BCUT2D eigenvalue weighted by atomic mass is 19.1. The minimum Gasteiger partial charge on any atom is -0.493 e. The van der Waals surface area contributed by atoms with Crippen molar-refractivity contribution in [3.63, 3.8) is 0 Å². The van der Waals surface area contributed by atoms with Gasteiger partial charge < -0.3 is 9.47 Å². The second kappa shape index (κ2) is 5.26. The van der Waals surface area contributed by atoms with E-state index >= 15 is 0 Å². The third kappa shape index (κ3) is 2.63. The second-order valence-electron chi connectivity index (χ2n) is 3.00. The summed E-state index contributed by atoms with van der Waals surface area (Å²) < 4.78 is 23.5. The molecule has 2 nitrogen and oxygen atoms in total. The fourth-order valence-electron chi connectivity index (χ4n) is 1.29. The van der Waals surface area contributed by atoms with Gasteiger partial charge in [0, 0.05) is 12.5 Å². The first-order valence-corrected chi connectivity index (χ1v) is 4.56. The van der Waals surface area contributed by atoms with Crippen LogP contribution in [0.4, 0.5) is 4.39 Å². The molecular weight excluding hydrogens is 195 g/mol. The van der Waals surface area contributed by atoms with Gasteiger partial charge in [0.15, 0.2) is 11.5 Å². The number of methoxy groups -OCH3 is 2. The smallest absolute Gasteiger partial charge is 0.163 e. The molecule has 0 N–H and O–H groups in total. The van der Waals surface area contributed by atoms with E-state index in [0.29, 0.717) is 29.9 Å². The van der Waals surface area contributed by atoms with Crippen molar-refractivity contribution in [3.8, 4) is 23.8 Å². The minimum absolute atomic E-state index is 0.317. The summed E-state index contributed by atoms with van der Waals surface area (Å²) in [7, 11) is 2.99. The number of hydrogen-bond acceptors (Lipinski definition) is 2. The topological polar surface area (TPSA) is 18.5 Å². The molecule has 1 aromatic carbocycles. The molecule has 80 valence electrons. The standard InChI is InChI=1S/C12H13FO2/c1-4-5-6-9-7-11(14-2)12(15-3)8-10(9)13/h1,7-8H,5-6H2,2-3H3.